The average molecular weight is 239 g/mol. The van der Waals surface area contributed by atoms with Gasteiger partial charge < -0.3 is 11.1 Å². The highest BCUT2D eigenvalue weighted by atomic mass is 35.5. The molecule has 1 saturated carbocycles. The predicted molar refractivity (Wildman–Crippen MR) is 71.1 cm³/mol. The van der Waals surface area contributed by atoms with Gasteiger partial charge in [0.05, 0.1) is 16.4 Å². The fourth-order valence-electron chi connectivity index (χ4n) is 2.34. The summed E-state index contributed by atoms with van der Waals surface area (Å²) in [6.07, 6.45) is 6.48. The first-order chi connectivity index (χ1) is 7.66. The monoisotopic (exact) mass is 238 g/mol. The normalized spacial score (nSPS) is 17.4. The molecule has 88 valence electrons. The highest BCUT2D eigenvalue weighted by molar-refractivity contribution is 6.33. The van der Waals surface area contributed by atoms with E-state index in [1.165, 1.54) is 32.1 Å². The molecule has 0 amide bonds. The fourth-order valence-corrected chi connectivity index (χ4v) is 2.61. The van der Waals surface area contributed by atoms with Crippen LogP contribution in [0.5, 0.6) is 0 Å². The molecule has 0 saturated heterocycles. The molecule has 1 aliphatic carbocycles. The van der Waals surface area contributed by atoms with E-state index in [9.17, 15) is 0 Å². The molecule has 0 heterocycles. The topological polar surface area (TPSA) is 38.0 Å². The quantitative estimate of drug-likeness (QED) is 0.765. The zero-order valence-electron chi connectivity index (χ0n) is 9.72. The average Bonchev–Trinajstić information content (AvgIpc) is 2.27. The van der Waals surface area contributed by atoms with Crippen LogP contribution in [0.1, 0.15) is 37.7 Å². The van der Waals surface area contributed by atoms with E-state index in [0.717, 1.165) is 11.3 Å². The zero-order chi connectivity index (χ0) is 11.5. The molecular weight excluding hydrogens is 220 g/mol. The van der Waals surface area contributed by atoms with E-state index in [1.54, 1.807) is 0 Å². The van der Waals surface area contributed by atoms with E-state index < -0.39 is 0 Å². The van der Waals surface area contributed by atoms with Crippen LogP contribution in [0.15, 0.2) is 12.1 Å². The van der Waals surface area contributed by atoms with E-state index in [2.05, 4.69) is 11.4 Å². The van der Waals surface area contributed by atoms with Crippen molar-refractivity contribution < 1.29 is 0 Å². The summed E-state index contributed by atoms with van der Waals surface area (Å²) in [6, 6.07) is 4.55. The molecule has 3 N–H and O–H groups in total. The highest BCUT2D eigenvalue weighted by Crippen LogP contribution is 2.31. The van der Waals surface area contributed by atoms with E-state index in [1.807, 2.05) is 13.0 Å². The van der Waals surface area contributed by atoms with Crippen molar-refractivity contribution in [3.05, 3.63) is 22.7 Å². The highest BCUT2D eigenvalue weighted by Gasteiger charge is 2.14. The van der Waals surface area contributed by atoms with Gasteiger partial charge in [-0.1, -0.05) is 30.9 Å². The van der Waals surface area contributed by atoms with Crippen molar-refractivity contribution in [2.75, 3.05) is 11.1 Å². The maximum atomic E-state index is 6.07. The smallest absolute Gasteiger partial charge is 0.0739 e. The second kappa shape index (κ2) is 4.96. The van der Waals surface area contributed by atoms with Gasteiger partial charge in [-0.25, -0.2) is 0 Å². The number of anilines is 2. The maximum absolute atomic E-state index is 6.07. The van der Waals surface area contributed by atoms with Crippen LogP contribution in [0.25, 0.3) is 0 Å². The first-order valence-electron chi connectivity index (χ1n) is 5.99. The number of nitrogens with one attached hydrogen (secondary N) is 1. The largest absolute Gasteiger partial charge is 0.396 e. The van der Waals surface area contributed by atoms with Crippen molar-refractivity contribution in [1.29, 1.82) is 0 Å². The molecule has 2 nitrogen and oxygen atoms in total. The van der Waals surface area contributed by atoms with Gasteiger partial charge in [0.2, 0.25) is 0 Å². The Bertz CT molecular complexity index is 370. The molecule has 1 aromatic rings. The number of aryl methyl sites for hydroxylation is 1. The number of hydrogen-bond donors (Lipinski definition) is 2. The van der Waals surface area contributed by atoms with E-state index in [-0.39, 0.29) is 0 Å². The lowest BCUT2D eigenvalue weighted by Crippen LogP contribution is -2.22. The SMILES string of the molecule is Cc1cc(Cl)c(N)c(NC2CCCCC2)c1. The molecule has 0 spiro atoms. The lowest BCUT2D eigenvalue weighted by molar-refractivity contribution is 0.463. The molecule has 1 aliphatic rings. The van der Waals surface area contributed by atoms with Crippen LogP contribution < -0.4 is 11.1 Å². The van der Waals surface area contributed by atoms with E-state index in [0.29, 0.717) is 16.8 Å². The molecule has 16 heavy (non-hydrogen) atoms. The van der Waals surface area contributed by atoms with Crippen LogP contribution >= 0.6 is 11.6 Å². The van der Waals surface area contributed by atoms with Crippen LogP contribution in [0.4, 0.5) is 11.4 Å². The van der Waals surface area contributed by atoms with Gasteiger partial charge in [0, 0.05) is 6.04 Å². The lowest BCUT2D eigenvalue weighted by atomic mass is 9.95. The van der Waals surface area contributed by atoms with E-state index >= 15 is 0 Å². The second-order valence-electron chi connectivity index (χ2n) is 4.69. The Kier molecular flexibility index (Phi) is 3.59. The van der Waals surface area contributed by atoms with Gasteiger partial charge in [0.1, 0.15) is 0 Å². The second-order valence-corrected chi connectivity index (χ2v) is 5.09. The summed E-state index contributed by atoms with van der Waals surface area (Å²) in [4.78, 5) is 0. The molecule has 1 aromatic carbocycles. The van der Waals surface area contributed by atoms with Gasteiger partial charge in [-0.05, 0) is 37.5 Å². The van der Waals surface area contributed by atoms with Crippen LogP contribution in [0.2, 0.25) is 5.02 Å². The first kappa shape index (κ1) is 11.6. The molecule has 3 heteroatoms. The third-order valence-electron chi connectivity index (χ3n) is 3.24. The van der Waals surface area contributed by atoms with E-state index in [4.69, 9.17) is 17.3 Å². The Morgan fingerprint density at radius 2 is 1.94 bits per heavy atom. The van der Waals surface area contributed by atoms with Crippen LogP contribution in [-0.4, -0.2) is 6.04 Å². The lowest BCUT2D eigenvalue weighted by Gasteiger charge is -2.25. The molecule has 0 atom stereocenters. The van der Waals surface area contributed by atoms with Gasteiger partial charge in [-0.15, -0.1) is 0 Å². The van der Waals surface area contributed by atoms with Gasteiger partial charge in [-0.3, -0.25) is 0 Å². The van der Waals surface area contributed by atoms with Crippen molar-refractivity contribution in [2.45, 2.75) is 45.1 Å². The Morgan fingerprint density at radius 1 is 1.25 bits per heavy atom. The minimum atomic E-state index is 0.564. The molecule has 0 bridgehead atoms. The van der Waals surface area contributed by atoms with Crippen molar-refractivity contribution in [3.8, 4) is 0 Å². The number of hydrogen-bond acceptors (Lipinski definition) is 2. The summed E-state index contributed by atoms with van der Waals surface area (Å²) < 4.78 is 0. The third-order valence-corrected chi connectivity index (χ3v) is 3.55. The molecule has 2 rings (SSSR count). The van der Waals surface area contributed by atoms with Crippen LogP contribution in [0.3, 0.4) is 0 Å². The van der Waals surface area contributed by atoms with Gasteiger partial charge in [0.25, 0.3) is 0 Å². The number of benzene rings is 1. The summed E-state index contributed by atoms with van der Waals surface area (Å²) in [5, 5.41) is 4.17. The number of nitrogen functional groups attached to an aromatic ring is 1. The molecular formula is C13H19ClN2. The Morgan fingerprint density at radius 3 is 2.62 bits per heavy atom. The molecule has 1 fully saturated rings. The minimum Gasteiger partial charge on any atom is -0.396 e. The third kappa shape index (κ3) is 2.62. The summed E-state index contributed by atoms with van der Waals surface area (Å²) >= 11 is 6.07. The van der Waals surface area contributed by atoms with Crippen molar-refractivity contribution >= 4 is 23.0 Å². The number of rotatable bonds is 2. The summed E-state index contributed by atoms with van der Waals surface area (Å²) in [6.45, 7) is 2.04. The van der Waals surface area contributed by atoms with Gasteiger partial charge >= 0.3 is 0 Å². The number of nitrogens with two attached hydrogens (primary N) is 1. The van der Waals surface area contributed by atoms with Crippen molar-refractivity contribution in [2.24, 2.45) is 0 Å². The maximum Gasteiger partial charge on any atom is 0.0739 e. The predicted octanol–water partition coefficient (Wildman–Crippen LogP) is 3.98. The summed E-state index contributed by atoms with van der Waals surface area (Å²) in [5.41, 5.74) is 8.80. The standard InChI is InChI=1S/C13H19ClN2/c1-9-7-11(14)13(15)12(8-9)16-10-5-3-2-4-6-10/h7-8,10,16H,2-6,15H2,1H3. The summed E-state index contributed by atoms with van der Waals surface area (Å²) in [7, 11) is 0. The van der Waals surface area contributed by atoms with Crippen molar-refractivity contribution in [3.63, 3.8) is 0 Å². The molecule has 0 radical (unpaired) electrons. The molecule has 0 aromatic heterocycles. The van der Waals surface area contributed by atoms with Gasteiger partial charge in [0.15, 0.2) is 0 Å². The van der Waals surface area contributed by atoms with Crippen LogP contribution in [-0.2, 0) is 0 Å². The van der Waals surface area contributed by atoms with Crippen LogP contribution in [0, 0.1) is 6.92 Å². The minimum absolute atomic E-state index is 0.564. The van der Waals surface area contributed by atoms with Gasteiger partial charge in [-0.2, -0.15) is 0 Å². The Hall–Kier alpha value is -0.890. The molecule has 0 aliphatic heterocycles. The number of halogens is 1. The zero-order valence-corrected chi connectivity index (χ0v) is 10.5. The summed E-state index contributed by atoms with van der Waals surface area (Å²) in [5.74, 6) is 0. The Labute approximate surface area is 102 Å². The Balaban J connectivity index is 2.13. The van der Waals surface area contributed by atoms with Crippen molar-refractivity contribution in [1.82, 2.24) is 0 Å². The fraction of sp³-hybridized carbons (Fsp3) is 0.538. The first-order valence-corrected chi connectivity index (χ1v) is 6.37. The molecule has 0 unspecified atom stereocenters.